The molecule has 0 aliphatic carbocycles. The first-order chi connectivity index (χ1) is 11.3. The van der Waals surface area contributed by atoms with Gasteiger partial charge in [0.15, 0.2) is 0 Å². The van der Waals surface area contributed by atoms with Crippen molar-refractivity contribution in [3.05, 3.63) is 48.3 Å². The quantitative estimate of drug-likeness (QED) is 0.789. The molecule has 1 aromatic carbocycles. The summed E-state index contributed by atoms with van der Waals surface area (Å²) in [6.07, 6.45) is 3.60. The van der Waals surface area contributed by atoms with Crippen molar-refractivity contribution >= 4 is 10.0 Å². The second-order valence-electron chi connectivity index (χ2n) is 6.38. The van der Waals surface area contributed by atoms with Crippen LogP contribution in [0.1, 0.15) is 25.8 Å². The maximum absolute atomic E-state index is 12.6. The number of nitrogens with two attached hydrogens (primary N) is 1. The summed E-state index contributed by atoms with van der Waals surface area (Å²) in [6.45, 7) is 5.00. The highest BCUT2D eigenvalue weighted by Crippen LogP contribution is 2.15. The van der Waals surface area contributed by atoms with Crippen LogP contribution in [0.25, 0.3) is 0 Å². The van der Waals surface area contributed by atoms with Crippen molar-refractivity contribution in [2.24, 2.45) is 11.7 Å². The molecule has 6 nitrogen and oxygen atoms in total. The zero-order valence-corrected chi connectivity index (χ0v) is 15.3. The number of hydrogen-bond donors (Lipinski definition) is 1. The van der Waals surface area contributed by atoms with Crippen molar-refractivity contribution in [1.82, 2.24) is 14.1 Å². The van der Waals surface area contributed by atoms with E-state index in [0.29, 0.717) is 25.4 Å². The highest BCUT2D eigenvalue weighted by Gasteiger charge is 2.23. The first-order valence-corrected chi connectivity index (χ1v) is 9.53. The van der Waals surface area contributed by atoms with E-state index in [4.69, 9.17) is 5.73 Å². The summed E-state index contributed by atoms with van der Waals surface area (Å²) < 4.78 is 28.2. The fourth-order valence-corrected chi connectivity index (χ4v) is 3.44. The molecule has 0 spiro atoms. The summed E-state index contributed by atoms with van der Waals surface area (Å²) in [5.74, 6) is 0.328. The van der Waals surface area contributed by atoms with Gasteiger partial charge in [0.2, 0.25) is 10.0 Å². The first-order valence-electron chi connectivity index (χ1n) is 8.09. The third-order valence-electron chi connectivity index (χ3n) is 4.14. The molecule has 1 heterocycles. The molecule has 1 aromatic heterocycles. The fourth-order valence-electron chi connectivity index (χ4n) is 2.30. The summed E-state index contributed by atoms with van der Waals surface area (Å²) >= 11 is 0. The smallest absolute Gasteiger partial charge is 0.245 e. The van der Waals surface area contributed by atoms with E-state index in [-0.39, 0.29) is 10.9 Å². The van der Waals surface area contributed by atoms with Gasteiger partial charge in [-0.05, 0) is 17.9 Å². The summed E-state index contributed by atoms with van der Waals surface area (Å²) in [4.78, 5) is 0.207. The molecule has 0 saturated carbocycles. The Balaban J connectivity index is 2.04. The highest BCUT2D eigenvalue weighted by molar-refractivity contribution is 7.89. The Morgan fingerprint density at radius 2 is 1.92 bits per heavy atom. The Labute approximate surface area is 144 Å². The van der Waals surface area contributed by atoms with E-state index >= 15 is 0 Å². The molecule has 0 saturated heterocycles. The van der Waals surface area contributed by atoms with Crippen molar-refractivity contribution in [2.45, 2.75) is 37.8 Å². The summed E-state index contributed by atoms with van der Waals surface area (Å²) in [5.41, 5.74) is 7.07. The highest BCUT2D eigenvalue weighted by atomic mass is 32.2. The van der Waals surface area contributed by atoms with Crippen molar-refractivity contribution in [3.63, 3.8) is 0 Å². The number of aromatic nitrogens is 2. The molecule has 0 fully saturated rings. The van der Waals surface area contributed by atoms with Crippen LogP contribution in [-0.4, -0.2) is 42.1 Å². The monoisotopic (exact) mass is 350 g/mol. The van der Waals surface area contributed by atoms with E-state index in [1.54, 1.807) is 17.9 Å². The molecule has 1 unspecified atom stereocenters. The summed E-state index contributed by atoms with van der Waals surface area (Å²) in [7, 11) is -1.96. The van der Waals surface area contributed by atoms with Crippen LogP contribution in [-0.2, 0) is 16.6 Å². The van der Waals surface area contributed by atoms with Gasteiger partial charge < -0.3 is 5.73 Å². The average molecular weight is 350 g/mol. The number of sulfonamides is 1. The van der Waals surface area contributed by atoms with Gasteiger partial charge in [-0.1, -0.05) is 44.2 Å². The molecule has 0 radical (unpaired) electrons. The van der Waals surface area contributed by atoms with Crippen molar-refractivity contribution < 1.29 is 8.42 Å². The van der Waals surface area contributed by atoms with Gasteiger partial charge in [-0.25, -0.2) is 12.7 Å². The molecule has 0 bridgehead atoms. The lowest BCUT2D eigenvalue weighted by Crippen LogP contribution is -2.34. The largest absolute Gasteiger partial charge is 0.327 e. The van der Waals surface area contributed by atoms with Crippen LogP contribution >= 0.6 is 0 Å². The Kier molecular flexibility index (Phi) is 6.15. The van der Waals surface area contributed by atoms with E-state index in [1.807, 2.05) is 44.2 Å². The maximum atomic E-state index is 12.6. The molecule has 0 aliphatic heterocycles. The lowest BCUT2D eigenvalue weighted by atomic mass is 10.0. The molecule has 2 N–H and O–H groups in total. The van der Waals surface area contributed by atoms with Crippen LogP contribution in [0.5, 0.6) is 0 Å². The Morgan fingerprint density at radius 1 is 1.25 bits per heavy atom. The molecule has 132 valence electrons. The van der Waals surface area contributed by atoms with E-state index < -0.39 is 10.0 Å². The molecule has 2 aromatic rings. The van der Waals surface area contributed by atoms with Crippen LogP contribution in [0.15, 0.2) is 47.6 Å². The minimum absolute atomic E-state index is 0.0107. The minimum atomic E-state index is -3.54. The van der Waals surface area contributed by atoms with Crippen LogP contribution in [0.4, 0.5) is 0 Å². The van der Waals surface area contributed by atoms with Gasteiger partial charge in [0.05, 0.1) is 12.7 Å². The number of hydrogen-bond acceptors (Lipinski definition) is 4. The zero-order valence-electron chi connectivity index (χ0n) is 14.5. The molecule has 1 atom stereocenters. The van der Waals surface area contributed by atoms with Crippen LogP contribution < -0.4 is 5.73 Å². The van der Waals surface area contributed by atoms with Gasteiger partial charge >= 0.3 is 0 Å². The van der Waals surface area contributed by atoms with Crippen molar-refractivity contribution in [3.8, 4) is 0 Å². The third-order valence-corrected chi connectivity index (χ3v) is 5.95. The summed E-state index contributed by atoms with van der Waals surface area (Å²) in [6, 6.07) is 9.79. The summed E-state index contributed by atoms with van der Waals surface area (Å²) in [5, 5.41) is 4.17. The average Bonchev–Trinajstić information content (AvgIpc) is 3.02. The molecule has 0 aliphatic rings. The van der Waals surface area contributed by atoms with E-state index in [2.05, 4.69) is 5.10 Å². The van der Waals surface area contributed by atoms with E-state index in [9.17, 15) is 8.42 Å². The SMILES string of the molecule is CC(C)C(N)CCN(C)S(=O)(=O)c1cnn(Cc2ccccc2)c1. The topological polar surface area (TPSA) is 81.2 Å². The maximum Gasteiger partial charge on any atom is 0.245 e. The second-order valence-corrected chi connectivity index (χ2v) is 8.43. The molecule has 24 heavy (non-hydrogen) atoms. The van der Waals surface area contributed by atoms with Gasteiger partial charge in [-0.15, -0.1) is 0 Å². The number of rotatable bonds is 8. The Morgan fingerprint density at radius 3 is 2.54 bits per heavy atom. The standard InChI is InChI=1S/C17H26N4O2S/c1-14(2)17(18)9-10-20(3)24(22,23)16-11-19-21(13-16)12-15-7-5-4-6-8-15/h4-8,11,13-14,17H,9-10,12,18H2,1-3H3. The van der Waals surface area contributed by atoms with Crippen LogP contribution in [0.2, 0.25) is 0 Å². The fraction of sp³-hybridized carbons (Fsp3) is 0.471. The van der Waals surface area contributed by atoms with Gasteiger partial charge in [0.25, 0.3) is 0 Å². The Hall–Kier alpha value is -1.70. The zero-order chi connectivity index (χ0) is 17.7. The minimum Gasteiger partial charge on any atom is -0.327 e. The predicted octanol–water partition coefficient (Wildman–Crippen LogP) is 1.93. The first kappa shape index (κ1) is 18.6. The van der Waals surface area contributed by atoms with Crippen molar-refractivity contribution in [1.29, 1.82) is 0 Å². The van der Waals surface area contributed by atoms with Crippen molar-refractivity contribution in [2.75, 3.05) is 13.6 Å². The number of benzene rings is 1. The van der Waals surface area contributed by atoms with Gasteiger partial charge in [0, 0.05) is 25.8 Å². The predicted molar refractivity (Wildman–Crippen MR) is 95.0 cm³/mol. The third kappa shape index (κ3) is 4.66. The van der Waals surface area contributed by atoms with Crippen LogP contribution in [0.3, 0.4) is 0 Å². The number of nitrogens with zero attached hydrogens (tertiary/aromatic N) is 3. The molecular formula is C17H26N4O2S. The second kappa shape index (κ2) is 7.92. The molecule has 2 rings (SSSR count). The van der Waals surface area contributed by atoms with Gasteiger partial charge in [0.1, 0.15) is 4.90 Å². The molecule has 0 amide bonds. The molecule has 7 heteroatoms. The molecular weight excluding hydrogens is 324 g/mol. The van der Waals surface area contributed by atoms with E-state index in [1.165, 1.54) is 10.5 Å². The van der Waals surface area contributed by atoms with Gasteiger partial charge in [-0.3, -0.25) is 4.68 Å². The lowest BCUT2D eigenvalue weighted by molar-refractivity contribution is 0.397. The Bertz CT molecular complexity index is 741. The van der Waals surface area contributed by atoms with Gasteiger partial charge in [-0.2, -0.15) is 5.10 Å². The normalized spacial score (nSPS) is 13.6. The lowest BCUT2D eigenvalue weighted by Gasteiger charge is -2.20. The van der Waals surface area contributed by atoms with Crippen LogP contribution in [0, 0.1) is 5.92 Å². The van der Waals surface area contributed by atoms with E-state index in [0.717, 1.165) is 5.56 Å².